The first-order chi connectivity index (χ1) is 9.58. The predicted octanol–water partition coefficient (Wildman–Crippen LogP) is 1.76. The second-order valence-electron chi connectivity index (χ2n) is 5.70. The number of aryl methyl sites for hydroxylation is 1. The fourth-order valence-corrected chi connectivity index (χ4v) is 2.76. The fraction of sp³-hybridized carbons (Fsp3) is 0.500. The van der Waals surface area contributed by atoms with Crippen LogP contribution in [0.15, 0.2) is 18.2 Å². The number of anilines is 1. The van der Waals surface area contributed by atoms with Crippen molar-refractivity contribution in [2.24, 2.45) is 0 Å². The van der Waals surface area contributed by atoms with Crippen LogP contribution in [0.1, 0.15) is 25.3 Å². The first-order valence-electron chi connectivity index (χ1n) is 6.83. The van der Waals surface area contributed by atoms with Gasteiger partial charge in [-0.1, -0.05) is 0 Å². The summed E-state index contributed by atoms with van der Waals surface area (Å²) in [5, 5.41) is 12.2. The summed E-state index contributed by atoms with van der Waals surface area (Å²) in [5.74, 6) is 0.744. The minimum atomic E-state index is -0.199. The van der Waals surface area contributed by atoms with Crippen molar-refractivity contribution in [3.63, 3.8) is 0 Å². The highest BCUT2D eigenvalue weighted by atomic mass is 16.5. The maximum atomic E-state index is 5.92. The van der Waals surface area contributed by atoms with Crippen molar-refractivity contribution in [2.45, 2.75) is 32.2 Å². The third kappa shape index (κ3) is 2.27. The largest absolute Gasteiger partial charge is 0.399 e. The van der Waals surface area contributed by atoms with Crippen molar-refractivity contribution in [2.75, 3.05) is 18.9 Å². The van der Waals surface area contributed by atoms with Crippen LogP contribution in [0.25, 0.3) is 11.4 Å². The number of hydrogen-bond donors (Lipinski definition) is 1. The van der Waals surface area contributed by atoms with Gasteiger partial charge in [0.05, 0.1) is 12.1 Å². The Morgan fingerprint density at radius 2 is 2.20 bits per heavy atom. The molecule has 1 atom stereocenters. The monoisotopic (exact) mass is 273 g/mol. The van der Waals surface area contributed by atoms with Gasteiger partial charge in [0.15, 0.2) is 5.82 Å². The Kier molecular flexibility index (Phi) is 3.17. The lowest BCUT2D eigenvalue weighted by Gasteiger charge is -2.33. The van der Waals surface area contributed by atoms with Crippen LogP contribution in [0.3, 0.4) is 0 Å². The molecule has 0 saturated carbocycles. The number of aromatic nitrogens is 4. The minimum absolute atomic E-state index is 0.199. The molecule has 0 amide bonds. The van der Waals surface area contributed by atoms with Crippen LogP contribution in [0.4, 0.5) is 5.69 Å². The molecule has 2 aromatic rings. The smallest absolute Gasteiger partial charge is 0.182 e. The molecule has 6 nitrogen and oxygen atoms in total. The van der Waals surface area contributed by atoms with E-state index in [1.54, 1.807) is 0 Å². The third-order valence-corrected chi connectivity index (χ3v) is 3.76. The van der Waals surface area contributed by atoms with Gasteiger partial charge in [0.1, 0.15) is 0 Å². The summed E-state index contributed by atoms with van der Waals surface area (Å²) in [7, 11) is 0. The van der Waals surface area contributed by atoms with Crippen LogP contribution < -0.4 is 5.73 Å². The van der Waals surface area contributed by atoms with E-state index in [1.165, 1.54) is 0 Å². The van der Waals surface area contributed by atoms with E-state index in [2.05, 4.69) is 22.4 Å². The quantitative estimate of drug-likeness (QED) is 0.843. The number of nitrogens with two attached hydrogens (primary N) is 1. The molecule has 3 rings (SSSR count). The zero-order valence-electron chi connectivity index (χ0n) is 11.8. The molecule has 1 unspecified atom stereocenters. The van der Waals surface area contributed by atoms with Crippen LogP contribution in [0.5, 0.6) is 0 Å². The van der Waals surface area contributed by atoms with Gasteiger partial charge in [0.25, 0.3) is 0 Å². The topological polar surface area (TPSA) is 78.9 Å². The van der Waals surface area contributed by atoms with Gasteiger partial charge in [-0.15, -0.1) is 5.10 Å². The molecule has 0 radical (unpaired) electrons. The lowest BCUT2D eigenvalue weighted by atomic mass is 9.94. The Morgan fingerprint density at radius 1 is 1.35 bits per heavy atom. The van der Waals surface area contributed by atoms with Crippen LogP contribution in [0, 0.1) is 6.92 Å². The van der Waals surface area contributed by atoms with Gasteiger partial charge < -0.3 is 10.5 Å². The highest BCUT2D eigenvalue weighted by Crippen LogP contribution is 2.30. The second-order valence-corrected chi connectivity index (χ2v) is 5.70. The molecular weight excluding hydrogens is 254 g/mol. The molecule has 0 aliphatic carbocycles. The van der Waals surface area contributed by atoms with Gasteiger partial charge >= 0.3 is 0 Å². The summed E-state index contributed by atoms with van der Waals surface area (Å²) in [4.78, 5) is 0. The van der Waals surface area contributed by atoms with E-state index in [1.807, 2.05) is 29.8 Å². The molecule has 2 N–H and O–H groups in total. The maximum Gasteiger partial charge on any atom is 0.182 e. The molecule has 1 fully saturated rings. The lowest BCUT2D eigenvalue weighted by Crippen LogP contribution is -2.40. The summed E-state index contributed by atoms with van der Waals surface area (Å²) in [6, 6.07) is 5.89. The summed E-state index contributed by atoms with van der Waals surface area (Å²) in [6.07, 6.45) is 2.03. The Hall–Kier alpha value is -1.95. The lowest BCUT2D eigenvalue weighted by molar-refractivity contribution is 0.00348. The molecule has 1 saturated heterocycles. The minimum Gasteiger partial charge on any atom is -0.399 e. The Morgan fingerprint density at radius 3 is 2.90 bits per heavy atom. The average molecular weight is 273 g/mol. The summed E-state index contributed by atoms with van der Waals surface area (Å²) in [6.45, 7) is 5.58. The Labute approximate surface area is 117 Å². The molecule has 2 heterocycles. The van der Waals surface area contributed by atoms with Crippen molar-refractivity contribution in [3.8, 4) is 11.4 Å². The van der Waals surface area contributed by atoms with E-state index in [0.717, 1.165) is 42.1 Å². The van der Waals surface area contributed by atoms with Crippen molar-refractivity contribution in [1.82, 2.24) is 20.2 Å². The van der Waals surface area contributed by atoms with E-state index < -0.39 is 0 Å². The van der Waals surface area contributed by atoms with E-state index >= 15 is 0 Å². The standard InChI is InChI=1S/C14H19N5O/c1-10-6-11(8-12(15)7-10)13-16-17-18-19(13)14(2)4-3-5-20-9-14/h6-8H,3-5,9,15H2,1-2H3. The molecule has 1 aliphatic rings. The maximum absolute atomic E-state index is 5.92. The zero-order valence-corrected chi connectivity index (χ0v) is 11.8. The number of nitrogen functional groups attached to an aromatic ring is 1. The number of hydrogen-bond acceptors (Lipinski definition) is 5. The van der Waals surface area contributed by atoms with Gasteiger partial charge in [-0.3, -0.25) is 0 Å². The van der Waals surface area contributed by atoms with E-state index in [4.69, 9.17) is 10.5 Å². The van der Waals surface area contributed by atoms with Crippen molar-refractivity contribution < 1.29 is 4.74 Å². The second kappa shape index (κ2) is 4.86. The highest BCUT2D eigenvalue weighted by Gasteiger charge is 2.33. The SMILES string of the molecule is Cc1cc(N)cc(-c2nnnn2C2(C)CCCOC2)c1. The van der Waals surface area contributed by atoms with Crippen molar-refractivity contribution in [3.05, 3.63) is 23.8 Å². The Bertz CT molecular complexity index is 596. The normalized spacial score (nSPS) is 22.9. The van der Waals surface area contributed by atoms with Gasteiger partial charge in [-0.2, -0.15) is 0 Å². The molecule has 106 valence electrons. The van der Waals surface area contributed by atoms with Crippen molar-refractivity contribution in [1.29, 1.82) is 0 Å². The molecule has 6 heteroatoms. The first-order valence-corrected chi connectivity index (χ1v) is 6.83. The molecule has 1 aromatic carbocycles. The van der Waals surface area contributed by atoms with E-state index in [0.29, 0.717) is 6.61 Å². The molecule has 1 aromatic heterocycles. The highest BCUT2D eigenvalue weighted by molar-refractivity contribution is 5.62. The number of tetrazole rings is 1. The average Bonchev–Trinajstić information content (AvgIpc) is 2.88. The van der Waals surface area contributed by atoms with Gasteiger partial charge in [-0.05, 0) is 60.9 Å². The zero-order chi connectivity index (χ0) is 14.2. The van der Waals surface area contributed by atoms with Gasteiger partial charge in [0.2, 0.25) is 0 Å². The fourth-order valence-electron chi connectivity index (χ4n) is 2.76. The van der Waals surface area contributed by atoms with Gasteiger partial charge in [0, 0.05) is 17.9 Å². The molecular formula is C14H19N5O. The van der Waals surface area contributed by atoms with Crippen molar-refractivity contribution >= 4 is 5.69 Å². The third-order valence-electron chi connectivity index (χ3n) is 3.76. The van der Waals surface area contributed by atoms with Gasteiger partial charge in [-0.25, -0.2) is 4.68 Å². The van der Waals surface area contributed by atoms with Crippen LogP contribution in [-0.4, -0.2) is 33.4 Å². The number of benzene rings is 1. The van der Waals surface area contributed by atoms with E-state index in [9.17, 15) is 0 Å². The van der Waals surface area contributed by atoms with Crippen LogP contribution in [0.2, 0.25) is 0 Å². The van der Waals surface area contributed by atoms with E-state index in [-0.39, 0.29) is 5.54 Å². The molecule has 20 heavy (non-hydrogen) atoms. The molecule has 0 bridgehead atoms. The van der Waals surface area contributed by atoms with Crippen LogP contribution in [-0.2, 0) is 10.3 Å². The number of rotatable bonds is 2. The number of ether oxygens (including phenoxy) is 1. The predicted molar refractivity (Wildman–Crippen MR) is 76.1 cm³/mol. The van der Waals surface area contributed by atoms with Crippen LogP contribution >= 0.6 is 0 Å². The summed E-state index contributed by atoms with van der Waals surface area (Å²) < 4.78 is 7.48. The summed E-state index contributed by atoms with van der Waals surface area (Å²) >= 11 is 0. The molecule has 1 aliphatic heterocycles. The molecule has 0 spiro atoms. The first kappa shape index (κ1) is 13.1. The summed E-state index contributed by atoms with van der Waals surface area (Å²) in [5.41, 5.74) is 8.49. The Balaban J connectivity index is 2.05. The number of nitrogens with zero attached hydrogens (tertiary/aromatic N) is 4.